The van der Waals surface area contributed by atoms with Crippen LogP contribution in [0, 0.1) is 5.41 Å². The molecule has 2 rings (SSSR count). The second-order valence-corrected chi connectivity index (χ2v) is 5.38. The molecule has 1 aliphatic carbocycles. The number of ketones is 1. The normalized spacial score (nSPS) is 22.1. The van der Waals surface area contributed by atoms with Gasteiger partial charge in [0.2, 0.25) is 0 Å². The summed E-state index contributed by atoms with van der Waals surface area (Å²) in [4.78, 5) is 12.0. The van der Waals surface area contributed by atoms with E-state index in [1.165, 1.54) is 11.1 Å². The number of unbranched alkanes of at least 4 members (excludes halogenated alkanes) is 1. The van der Waals surface area contributed by atoms with Crippen molar-refractivity contribution < 1.29 is 4.79 Å². The van der Waals surface area contributed by atoms with Crippen LogP contribution in [0.2, 0.25) is 0 Å². The average Bonchev–Trinajstić information content (AvgIpc) is 2.46. The van der Waals surface area contributed by atoms with Gasteiger partial charge in [0, 0.05) is 0 Å². The monoisotopic (exact) mass is 254 g/mol. The molecule has 100 valence electrons. The van der Waals surface area contributed by atoms with E-state index >= 15 is 0 Å². The molecular weight excluding hydrogens is 232 g/mol. The Balaban J connectivity index is 2.18. The van der Waals surface area contributed by atoms with Crippen LogP contribution < -0.4 is 0 Å². The first-order valence-corrected chi connectivity index (χ1v) is 7.14. The second-order valence-electron chi connectivity index (χ2n) is 5.38. The molecule has 1 aromatic rings. The Kier molecular flexibility index (Phi) is 4.36. The van der Waals surface area contributed by atoms with Gasteiger partial charge in [0.15, 0.2) is 0 Å². The molecule has 0 fully saturated rings. The van der Waals surface area contributed by atoms with E-state index in [-0.39, 0.29) is 5.41 Å². The van der Waals surface area contributed by atoms with E-state index in [4.69, 9.17) is 0 Å². The van der Waals surface area contributed by atoms with Crippen molar-refractivity contribution in [2.45, 2.75) is 39.5 Å². The highest BCUT2D eigenvalue weighted by atomic mass is 16.1. The first kappa shape index (κ1) is 13.8. The SMILES string of the molecule is CCCCC1(C(C)=O)C=CC(c2ccccc2)=CC1. The molecule has 0 heterocycles. The number of rotatable bonds is 5. The molecule has 0 aliphatic heterocycles. The van der Waals surface area contributed by atoms with Crippen LogP contribution in [0.5, 0.6) is 0 Å². The minimum Gasteiger partial charge on any atom is -0.299 e. The second kappa shape index (κ2) is 6.01. The van der Waals surface area contributed by atoms with Gasteiger partial charge >= 0.3 is 0 Å². The lowest BCUT2D eigenvalue weighted by Crippen LogP contribution is -2.27. The van der Waals surface area contributed by atoms with Crippen molar-refractivity contribution in [3.05, 3.63) is 54.1 Å². The topological polar surface area (TPSA) is 17.1 Å². The first-order valence-electron chi connectivity index (χ1n) is 7.14. The molecule has 19 heavy (non-hydrogen) atoms. The molecule has 1 aliphatic rings. The van der Waals surface area contributed by atoms with E-state index in [0.29, 0.717) is 5.78 Å². The highest BCUT2D eigenvalue weighted by Crippen LogP contribution is 2.38. The summed E-state index contributed by atoms with van der Waals surface area (Å²) in [6.45, 7) is 3.90. The number of allylic oxidation sites excluding steroid dienone is 4. The summed E-state index contributed by atoms with van der Waals surface area (Å²) in [5.74, 6) is 0.292. The number of hydrogen-bond donors (Lipinski definition) is 0. The summed E-state index contributed by atoms with van der Waals surface area (Å²) in [5.41, 5.74) is 2.20. The lowest BCUT2D eigenvalue weighted by atomic mass is 9.73. The summed E-state index contributed by atoms with van der Waals surface area (Å²) >= 11 is 0. The van der Waals surface area contributed by atoms with Gasteiger partial charge in [-0.25, -0.2) is 0 Å². The Morgan fingerprint density at radius 1 is 1.26 bits per heavy atom. The van der Waals surface area contributed by atoms with E-state index in [0.717, 1.165) is 25.7 Å². The molecule has 0 saturated heterocycles. The van der Waals surface area contributed by atoms with Gasteiger partial charge in [-0.3, -0.25) is 4.79 Å². The summed E-state index contributed by atoms with van der Waals surface area (Å²) in [6, 6.07) is 10.4. The molecule has 0 radical (unpaired) electrons. The largest absolute Gasteiger partial charge is 0.299 e. The Labute approximate surface area is 116 Å². The van der Waals surface area contributed by atoms with E-state index in [9.17, 15) is 4.79 Å². The third-order valence-corrected chi connectivity index (χ3v) is 4.05. The third-order valence-electron chi connectivity index (χ3n) is 4.05. The van der Waals surface area contributed by atoms with Crippen molar-refractivity contribution in [1.82, 2.24) is 0 Å². The number of carbonyl (C=O) groups is 1. The van der Waals surface area contributed by atoms with Crippen molar-refractivity contribution in [3.63, 3.8) is 0 Å². The van der Waals surface area contributed by atoms with Gasteiger partial charge in [-0.2, -0.15) is 0 Å². The minimum atomic E-state index is -0.256. The molecule has 0 aromatic heterocycles. The molecule has 0 amide bonds. The predicted molar refractivity (Wildman–Crippen MR) is 80.8 cm³/mol. The summed E-state index contributed by atoms with van der Waals surface area (Å²) in [6.07, 6.45) is 10.5. The van der Waals surface area contributed by atoms with Crippen molar-refractivity contribution >= 4 is 11.4 Å². The van der Waals surface area contributed by atoms with Crippen LogP contribution >= 0.6 is 0 Å². The molecular formula is C18H22O. The van der Waals surface area contributed by atoms with Gasteiger partial charge in [-0.15, -0.1) is 0 Å². The number of Topliss-reactive ketones (excluding diaryl/α,β-unsaturated/α-hetero) is 1. The first-order chi connectivity index (χ1) is 9.18. The number of benzene rings is 1. The molecule has 1 nitrogen and oxygen atoms in total. The Morgan fingerprint density at radius 3 is 2.53 bits per heavy atom. The highest BCUT2D eigenvalue weighted by Gasteiger charge is 2.32. The quantitative estimate of drug-likeness (QED) is 0.738. The van der Waals surface area contributed by atoms with E-state index in [2.05, 4.69) is 37.3 Å². The molecule has 1 atom stereocenters. The number of carbonyl (C=O) groups excluding carboxylic acids is 1. The fraction of sp³-hybridized carbons (Fsp3) is 0.389. The lowest BCUT2D eigenvalue weighted by molar-refractivity contribution is -0.124. The smallest absolute Gasteiger partial charge is 0.140 e. The highest BCUT2D eigenvalue weighted by molar-refractivity contribution is 5.87. The van der Waals surface area contributed by atoms with E-state index < -0.39 is 0 Å². The molecule has 1 unspecified atom stereocenters. The molecule has 1 heteroatoms. The molecule has 0 N–H and O–H groups in total. The van der Waals surface area contributed by atoms with Gasteiger partial charge in [0.1, 0.15) is 5.78 Å². The van der Waals surface area contributed by atoms with Gasteiger partial charge in [-0.05, 0) is 30.9 Å². The minimum absolute atomic E-state index is 0.256. The summed E-state index contributed by atoms with van der Waals surface area (Å²) in [5, 5.41) is 0. The maximum absolute atomic E-state index is 12.0. The van der Waals surface area contributed by atoms with Gasteiger partial charge < -0.3 is 0 Å². The van der Waals surface area contributed by atoms with Crippen LogP contribution in [0.1, 0.15) is 45.1 Å². The van der Waals surface area contributed by atoms with Crippen molar-refractivity contribution in [1.29, 1.82) is 0 Å². The van der Waals surface area contributed by atoms with E-state index in [1.54, 1.807) is 6.92 Å². The molecule has 1 aromatic carbocycles. The fourth-order valence-corrected chi connectivity index (χ4v) is 2.64. The lowest BCUT2D eigenvalue weighted by Gasteiger charge is -2.30. The van der Waals surface area contributed by atoms with E-state index in [1.807, 2.05) is 18.2 Å². The molecule has 0 bridgehead atoms. The summed E-state index contributed by atoms with van der Waals surface area (Å²) in [7, 11) is 0. The fourth-order valence-electron chi connectivity index (χ4n) is 2.64. The zero-order chi connectivity index (χ0) is 13.7. The third kappa shape index (κ3) is 3.04. The zero-order valence-electron chi connectivity index (χ0n) is 11.9. The van der Waals surface area contributed by atoms with Crippen LogP contribution in [0.4, 0.5) is 0 Å². The maximum atomic E-state index is 12.0. The Morgan fingerprint density at radius 2 is 2.00 bits per heavy atom. The standard InChI is InChI=1S/C18H22O/c1-3-4-12-18(15(2)19)13-10-17(11-14-18)16-8-6-5-7-9-16/h5-11,13H,3-4,12,14H2,1-2H3. The molecule has 0 saturated carbocycles. The van der Waals surface area contributed by atoms with Crippen LogP contribution in [0.3, 0.4) is 0 Å². The Hall–Kier alpha value is -1.63. The maximum Gasteiger partial charge on any atom is 0.140 e. The van der Waals surface area contributed by atoms with Crippen molar-refractivity contribution in [3.8, 4) is 0 Å². The van der Waals surface area contributed by atoms with Crippen LogP contribution in [0.15, 0.2) is 48.6 Å². The van der Waals surface area contributed by atoms with Gasteiger partial charge in [0.25, 0.3) is 0 Å². The average molecular weight is 254 g/mol. The van der Waals surface area contributed by atoms with Crippen molar-refractivity contribution in [2.24, 2.45) is 5.41 Å². The van der Waals surface area contributed by atoms with Crippen molar-refractivity contribution in [2.75, 3.05) is 0 Å². The van der Waals surface area contributed by atoms with Crippen LogP contribution in [-0.2, 0) is 4.79 Å². The number of hydrogen-bond acceptors (Lipinski definition) is 1. The zero-order valence-corrected chi connectivity index (χ0v) is 11.9. The van der Waals surface area contributed by atoms with Gasteiger partial charge in [-0.1, -0.05) is 68.3 Å². The summed E-state index contributed by atoms with van der Waals surface area (Å²) < 4.78 is 0. The van der Waals surface area contributed by atoms with Crippen LogP contribution in [0.25, 0.3) is 5.57 Å². The van der Waals surface area contributed by atoms with Gasteiger partial charge in [0.05, 0.1) is 5.41 Å². The molecule has 0 spiro atoms. The van der Waals surface area contributed by atoms with Crippen LogP contribution in [-0.4, -0.2) is 5.78 Å². The predicted octanol–water partition coefficient (Wildman–Crippen LogP) is 4.80. The Bertz CT molecular complexity index is 496.